The number of nitrogens with two attached hydrogens (primary N) is 1. The van der Waals surface area contributed by atoms with Crippen molar-refractivity contribution in [2.75, 3.05) is 5.73 Å². The van der Waals surface area contributed by atoms with E-state index in [4.69, 9.17) is 10.8 Å². The third kappa shape index (κ3) is 2.20. The second-order valence-corrected chi connectivity index (χ2v) is 4.21. The number of imidazole rings is 1. The molecule has 0 aliphatic rings. The van der Waals surface area contributed by atoms with Crippen molar-refractivity contribution in [1.29, 1.82) is 0 Å². The lowest BCUT2D eigenvalue weighted by Crippen LogP contribution is -2.11. The molecule has 1 heterocycles. The summed E-state index contributed by atoms with van der Waals surface area (Å²) in [5.74, 6) is -0.250. The highest BCUT2D eigenvalue weighted by Gasteiger charge is 2.15. The lowest BCUT2D eigenvalue weighted by atomic mass is 10.2. The smallest absolute Gasteiger partial charge is 0.323 e. The Hall–Kier alpha value is -2.30. The Balaban J connectivity index is 2.56. The number of benzene rings is 1. The molecular weight excluding hydrogens is 230 g/mol. The normalized spacial score (nSPS) is 10.6. The average Bonchev–Trinajstić information content (AvgIpc) is 2.57. The fraction of sp³-hybridized carbons (Fsp3) is 0.231. The Morgan fingerprint density at radius 1 is 1.44 bits per heavy atom. The van der Waals surface area contributed by atoms with Crippen LogP contribution in [0.5, 0.6) is 0 Å². The highest BCUT2D eigenvalue weighted by atomic mass is 16.4. The van der Waals surface area contributed by atoms with Gasteiger partial charge in [-0.1, -0.05) is 12.1 Å². The van der Waals surface area contributed by atoms with Crippen molar-refractivity contribution < 1.29 is 9.90 Å². The third-order valence-corrected chi connectivity index (χ3v) is 2.90. The van der Waals surface area contributed by atoms with Gasteiger partial charge in [0, 0.05) is 16.9 Å². The first-order valence-electron chi connectivity index (χ1n) is 5.60. The average molecular weight is 245 g/mol. The van der Waals surface area contributed by atoms with Crippen molar-refractivity contribution in [2.45, 2.75) is 20.4 Å². The van der Waals surface area contributed by atoms with Gasteiger partial charge in [0.25, 0.3) is 0 Å². The van der Waals surface area contributed by atoms with Crippen molar-refractivity contribution in [3.8, 4) is 11.4 Å². The summed E-state index contributed by atoms with van der Waals surface area (Å²) in [5, 5.41) is 8.95. The minimum atomic E-state index is -0.888. The lowest BCUT2D eigenvalue weighted by Gasteiger charge is -2.07. The largest absolute Gasteiger partial charge is 0.480 e. The Morgan fingerprint density at radius 2 is 2.17 bits per heavy atom. The Kier molecular flexibility index (Phi) is 3.06. The van der Waals surface area contributed by atoms with E-state index >= 15 is 0 Å². The lowest BCUT2D eigenvalue weighted by molar-refractivity contribution is -0.137. The van der Waals surface area contributed by atoms with Gasteiger partial charge in [-0.15, -0.1) is 0 Å². The molecule has 0 amide bonds. The second kappa shape index (κ2) is 4.52. The number of rotatable bonds is 3. The highest BCUT2D eigenvalue weighted by Crippen LogP contribution is 2.23. The molecule has 5 heteroatoms. The molecule has 18 heavy (non-hydrogen) atoms. The second-order valence-electron chi connectivity index (χ2n) is 4.21. The molecule has 5 nitrogen and oxygen atoms in total. The van der Waals surface area contributed by atoms with E-state index in [1.54, 1.807) is 16.7 Å². The molecule has 1 aromatic heterocycles. The molecule has 0 aliphatic heterocycles. The number of aromatic nitrogens is 2. The Morgan fingerprint density at radius 3 is 2.78 bits per heavy atom. The van der Waals surface area contributed by atoms with E-state index in [9.17, 15) is 4.79 Å². The van der Waals surface area contributed by atoms with Gasteiger partial charge in [-0.05, 0) is 26.0 Å². The number of nitrogen functional groups attached to an aromatic ring is 1. The molecule has 0 aliphatic carbocycles. The summed E-state index contributed by atoms with van der Waals surface area (Å²) in [4.78, 5) is 15.3. The van der Waals surface area contributed by atoms with Crippen LogP contribution >= 0.6 is 0 Å². The zero-order valence-electron chi connectivity index (χ0n) is 10.3. The predicted molar refractivity (Wildman–Crippen MR) is 69.2 cm³/mol. The Bertz CT molecular complexity index is 602. The monoisotopic (exact) mass is 245 g/mol. The molecule has 3 N–H and O–H groups in total. The first kappa shape index (κ1) is 12.2. The molecule has 0 saturated carbocycles. The number of nitrogens with zero attached hydrogens (tertiary/aromatic N) is 2. The van der Waals surface area contributed by atoms with Crippen molar-refractivity contribution in [1.82, 2.24) is 9.55 Å². The van der Waals surface area contributed by atoms with Crippen LogP contribution in [0.25, 0.3) is 11.4 Å². The molecule has 0 bridgehead atoms. The van der Waals surface area contributed by atoms with E-state index in [-0.39, 0.29) is 6.54 Å². The molecule has 0 radical (unpaired) electrons. The van der Waals surface area contributed by atoms with Gasteiger partial charge in [0.15, 0.2) is 0 Å². The van der Waals surface area contributed by atoms with Gasteiger partial charge in [0.05, 0.1) is 5.69 Å². The minimum Gasteiger partial charge on any atom is -0.480 e. The Labute approximate surface area is 105 Å². The van der Waals surface area contributed by atoms with Crippen molar-refractivity contribution in [3.05, 3.63) is 35.7 Å². The molecular formula is C13H15N3O2. The first-order valence-corrected chi connectivity index (χ1v) is 5.60. The highest BCUT2D eigenvalue weighted by molar-refractivity contribution is 5.69. The quantitative estimate of drug-likeness (QED) is 0.808. The first-order chi connectivity index (χ1) is 8.49. The number of carboxylic acid groups (broad SMARTS) is 1. The van der Waals surface area contributed by atoms with Crippen LogP contribution < -0.4 is 5.73 Å². The van der Waals surface area contributed by atoms with Crippen LogP contribution in [-0.4, -0.2) is 20.6 Å². The molecule has 94 valence electrons. The zero-order chi connectivity index (χ0) is 13.3. The maximum Gasteiger partial charge on any atom is 0.323 e. The molecule has 0 saturated heterocycles. The van der Waals surface area contributed by atoms with Crippen molar-refractivity contribution in [3.63, 3.8) is 0 Å². The molecule has 0 unspecified atom stereocenters. The van der Waals surface area contributed by atoms with E-state index in [1.165, 1.54) is 0 Å². The molecule has 0 atom stereocenters. The summed E-state index contributed by atoms with van der Waals surface area (Å²) in [6.45, 7) is 3.63. The number of aryl methyl sites for hydroxylation is 1. The summed E-state index contributed by atoms with van der Waals surface area (Å²) < 4.78 is 1.69. The molecule has 0 spiro atoms. The summed E-state index contributed by atoms with van der Waals surface area (Å²) in [7, 11) is 0. The van der Waals surface area contributed by atoms with E-state index in [1.807, 2.05) is 26.0 Å². The number of aliphatic carboxylic acids is 1. The van der Waals surface area contributed by atoms with E-state index in [0.29, 0.717) is 11.5 Å². The number of hydrogen-bond donors (Lipinski definition) is 2. The van der Waals surface area contributed by atoms with Crippen LogP contribution in [0.2, 0.25) is 0 Å². The van der Waals surface area contributed by atoms with Crippen LogP contribution in [0.4, 0.5) is 5.69 Å². The fourth-order valence-corrected chi connectivity index (χ4v) is 1.88. The predicted octanol–water partition coefficient (Wildman–Crippen LogP) is 1.83. The van der Waals surface area contributed by atoms with Gasteiger partial charge in [0.2, 0.25) is 0 Å². The van der Waals surface area contributed by atoms with Crippen LogP contribution in [0, 0.1) is 13.8 Å². The SMILES string of the molecule is Cc1nc(-c2cccc(N)c2)n(CC(=O)O)c1C. The van der Waals surface area contributed by atoms with Crippen molar-refractivity contribution in [2.24, 2.45) is 0 Å². The summed E-state index contributed by atoms with van der Waals surface area (Å²) in [6.07, 6.45) is 0. The maximum atomic E-state index is 10.9. The van der Waals surface area contributed by atoms with Gasteiger partial charge in [-0.3, -0.25) is 4.79 Å². The van der Waals surface area contributed by atoms with Gasteiger partial charge in [-0.25, -0.2) is 4.98 Å². The van der Waals surface area contributed by atoms with Gasteiger partial charge >= 0.3 is 5.97 Å². The van der Waals surface area contributed by atoms with Gasteiger partial charge < -0.3 is 15.4 Å². The molecule has 1 aromatic carbocycles. The van der Waals surface area contributed by atoms with Gasteiger partial charge in [-0.2, -0.15) is 0 Å². The number of carbonyl (C=O) groups is 1. The van der Waals surface area contributed by atoms with E-state index in [2.05, 4.69) is 4.98 Å². The third-order valence-electron chi connectivity index (χ3n) is 2.90. The number of carboxylic acids is 1. The molecule has 2 aromatic rings. The zero-order valence-corrected chi connectivity index (χ0v) is 10.3. The maximum absolute atomic E-state index is 10.9. The van der Waals surface area contributed by atoms with Crippen LogP contribution in [-0.2, 0) is 11.3 Å². The van der Waals surface area contributed by atoms with Crippen LogP contribution in [0.3, 0.4) is 0 Å². The van der Waals surface area contributed by atoms with Crippen molar-refractivity contribution >= 4 is 11.7 Å². The fourth-order valence-electron chi connectivity index (χ4n) is 1.88. The summed E-state index contributed by atoms with van der Waals surface area (Å²) in [5.41, 5.74) is 8.88. The summed E-state index contributed by atoms with van der Waals surface area (Å²) >= 11 is 0. The molecule has 0 fully saturated rings. The number of hydrogen-bond acceptors (Lipinski definition) is 3. The summed E-state index contributed by atoms with van der Waals surface area (Å²) in [6, 6.07) is 7.28. The minimum absolute atomic E-state index is 0.100. The van der Waals surface area contributed by atoms with E-state index in [0.717, 1.165) is 17.0 Å². The van der Waals surface area contributed by atoms with Gasteiger partial charge in [0.1, 0.15) is 12.4 Å². The van der Waals surface area contributed by atoms with Crippen LogP contribution in [0.1, 0.15) is 11.4 Å². The topological polar surface area (TPSA) is 81.1 Å². The number of anilines is 1. The van der Waals surface area contributed by atoms with Crippen LogP contribution in [0.15, 0.2) is 24.3 Å². The van der Waals surface area contributed by atoms with E-state index < -0.39 is 5.97 Å². The molecule has 2 rings (SSSR count). The standard InChI is InChI=1S/C13H15N3O2/c1-8-9(2)16(7-12(17)18)13(15-8)10-4-3-5-11(14)6-10/h3-6H,7,14H2,1-2H3,(H,17,18).